The van der Waals surface area contributed by atoms with E-state index >= 15 is 0 Å². The summed E-state index contributed by atoms with van der Waals surface area (Å²) in [5.41, 5.74) is 2.19. The van der Waals surface area contributed by atoms with Crippen LogP contribution in [0.25, 0.3) is 0 Å². The van der Waals surface area contributed by atoms with Gasteiger partial charge in [0, 0.05) is 34.5 Å². The Morgan fingerprint density at radius 1 is 1.07 bits per heavy atom. The van der Waals surface area contributed by atoms with Crippen molar-refractivity contribution in [2.45, 2.75) is 31.1 Å². The van der Waals surface area contributed by atoms with Crippen LogP contribution in [0.4, 0.5) is 11.4 Å². The van der Waals surface area contributed by atoms with E-state index in [0.29, 0.717) is 23.8 Å². The highest BCUT2D eigenvalue weighted by molar-refractivity contribution is 9.10. The van der Waals surface area contributed by atoms with Gasteiger partial charge in [0.05, 0.1) is 10.6 Å². The van der Waals surface area contributed by atoms with Crippen molar-refractivity contribution in [1.29, 1.82) is 0 Å². The number of halogens is 2. The van der Waals surface area contributed by atoms with Gasteiger partial charge >= 0.3 is 0 Å². The lowest BCUT2D eigenvalue weighted by Gasteiger charge is -2.32. The predicted molar refractivity (Wildman–Crippen MR) is 118 cm³/mol. The fourth-order valence-corrected chi connectivity index (χ4v) is 5.63. The third kappa shape index (κ3) is 3.71. The molecule has 1 amide bonds. The fourth-order valence-electron chi connectivity index (χ4n) is 3.70. The quantitative estimate of drug-likeness (QED) is 0.575. The fraction of sp³-hybridized carbons (Fsp3) is 0.286. The van der Waals surface area contributed by atoms with Crippen molar-refractivity contribution in [2.75, 3.05) is 18.0 Å². The van der Waals surface area contributed by atoms with E-state index in [9.17, 15) is 13.2 Å². The Morgan fingerprint density at radius 2 is 1.79 bits per heavy atom. The minimum atomic E-state index is -3.95. The molecule has 29 heavy (non-hydrogen) atoms. The topological polar surface area (TPSA) is 57.7 Å². The molecule has 2 aliphatic rings. The molecule has 1 saturated heterocycles. The highest BCUT2D eigenvalue weighted by atomic mass is 79.9. The zero-order valence-corrected chi connectivity index (χ0v) is 19.0. The van der Waals surface area contributed by atoms with E-state index in [0.717, 1.165) is 35.0 Å². The summed E-state index contributed by atoms with van der Waals surface area (Å²) in [4.78, 5) is 16.4. The molecule has 2 heterocycles. The number of anilines is 2. The van der Waals surface area contributed by atoms with Gasteiger partial charge in [-0.2, -0.15) is 0 Å². The van der Waals surface area contributed by atoms with Gasteiger partial charge in [-0.3, -0.25) is 4.79 Å². The van der Waals surface area contributed by atoms with Gasteiger partial charge in [-0.1, -0.05) is 27.5 Å². The molecule has 152 valence electrons. The van der Waals surface area contributed by atoms with E-state index < -0.39 is 15.7 Å². The molecule has 0 unspecified atom stereocenters. The average molecular weight is 496 g/mol. The minimum absolute atomic E-state index is 0.0883. The van der Waals surface area contributed by atoms with Gasteiger partial charge < -0.3 is 9.80 Å². The Balaban J connectivity index is 1.89. The number of nitrogens with zero attached hydrogens (tertiary/aromatic N) is 2. The molecule has 4 rings (SSSR count). The number of fused-ring (bicyclic) bond motifs is 1. The number of hydrogen-bond donors (Lipinski definition) is 0. The summed E-state index contributed by atoms with van der Waals surface area (Å²) in [6, 6.07) is 10.3. The Morgan fingerprint density at radius 3 is 2.48 bits per heavy atom. The maximum absolute atomic E-state index is 13.3. The normalized spacial score (nSPS) is 18.2. The second kappa shape index (κ2) is 7.78. The Labute approximate surface area is 184 Å². The van der Waals surface area contributed by atoms with Crippen LogP contribution in [0.1, 0.15) is 24.8 Å². The molecule has 0 aromatic heterocycles. The zero-order chi connectivity index (χ0) is 20.8. The summed E-state index contributed by atoms with van der Waals surface area (Å²) in [6.07, 6.45) is 4.27. The number of sulfone groups is 1. The van der Waals surface area contributed by atoms with Crippen molar-refractivity contribution in [3.05, 3.63) is 62.6 Å². The van der Waals surface area contributed by atoms with E-state index in [2.05, 4.69) is 15.9 Å². The SMILES string of the molecule is Cc1cc(N2C=C(C(=O)N3CCCCC3)S(=O)(=O)c3ccc(Cl)cc32)ccc1Br. The number of rotatable bonds is 2. The highest BCUT2D eigenvalue weighted by Gasteiger charge is 2.38. The first-order valence-corrected chi connectivity index (χ1v) is 12.1. The monoisotopic (exact) mass is 494 g/mol. The summed E-state index contributed by atoms with van der Waals surface area (Å²) in [5, 5.41) is 0.428. The predicted octanol–water partition coefficient (Wildman–Crippen LogP) is 5.19. The van der Waals surface area contributed by atoms with Crippen LogP contribution in [0.3, 0.4) is 0 Å². The van der Waals surface area contributed by atoms with Crippen molar-refractivity contribution in [2.24, 2.45) is 0 Å². The van der Waals surface area contributed by atoms with Gasteiger partial charge in [0.2, 0.25) is 9.84 Å². The van der Waals surface area contributed by atoms with Gasteiger partial charge in [0.15, 0.2) is 4.91 Å². The molecule has 8 heteroatoms. The van der Waals surface area contributed by atoms with Crippen molar-refractivity contribution >= 4 is 54.7 Å². The summed E-state index contributed by atoms with van der Waals surface area (Å²) in [5.74, 6) is -0.441. The number of amides is 1. The highest BCUT2D eigenvalue weighted by Crippen LogP contribution is 2.42. The van der Waals surface area contributed by atoms with E-state index in [-0.39, 0.29) is 9.80 Å². The lowest BCUT2D eigenvalue weighted by molar-refractivity contribution is -0.127. The summed E-state index contributed by atoms with van der Waals surface area (Å²) in [6.45, 7) is 3.11. The van der Waals surface area contributed by atoms with E-state index in [1.165, 1.54) is 18.3 Å². The van der Waals surface area contributed by atoms with Gasteiger partial charge in [-0.25, -0.2) is 8.42 Å². The molecule has 0 radical (unpaired) electrons. The molecule has 2 aromatic rings. The van der Waals surface area contributed by atoms with E-state index in [1.54, 1.807) is 15.9 Å². The first-order valence-electron chi connectivity index (χ1n) is 9.40. The number of aryl methyl sites for hydroxylation is 1. The summed E-state index contributed by atoms with van der Waals surface area (Å²) in [7, 11) is -3.95. The van der Waals surface area contributed by atoms with Gasteiger partial charge in [-0.15, -0.1) is 0 Å². The molecule has 0 atom stereocenters. The maximum Gasteiger partial charge on any atom is 0.267 e. The van der Waals surface area contributed by atoms with Crippen molar-refractivity contribution in [3.8, 4) is 0 Å². The number of carbonyl (C=O) groups excluding carboxylic acids is 1. The maximum atomic E-state index is 13.3. The summed E-state index contributed by atoms with van der Waals surface area (Å²) < 4.78 is 27.6. The molecule has 2 aromatic carbocycles. The molecule has 0 aliphatic carbocycles. The van der Waals surface area contributed by atoms with Crippen molar-refractivity contribution in [3.63, 3.8) is 0 Å². The molecular formula is C21H20BrClN2O3S. The first kappa shape index (κ1) is 20.4. The van der Waals surface area contributed by atoms with Gasteiger partial charge in [0.25, 0.3) is 5.91 Å². The molecule has 0 saturated carbocycles. The van der Waals surface area contributed by atoms with Crippen LogP contribution in [-0.2, 0) is 14.6 Å². The van der Waals surface area contributed by atoms with E-state index in [4.69, 9.17) is 11.6 Å². The first-order chi connectivity index (χ1) is 13.8. The van der Waals surface area contributed by atoms with Crippen LogP contribution in [-0.4, -0.2) is 32.3 Å². The van der Waals surface area contributed by atoms with Crippen LogP contribution in [0, 0.1) is 6.92 Å². The molecule has 5 nitrogen and oxygen atoms in total. The second-order valence-electron chi connectivity index (χ2n) is 7.27. The Hall–Kier alpha value is -1.83. The number of carbonyl (C=O) groups is 1. The molecule has 2 aliphatic heterocycles. The molecule has 0 N–H and O–H groups in total. The molecular weight excluding hydrogens is 476 g/mol. The third-order valence-electron chi connectivity index (χ3n) is 5.28. The molecule has 0 spiro atoms. The zero-order valence-electron chi connectivity index (χ0n) is 15.9. The van der Waals surface area contributed by atoms with Gasteiger partial charge in [-0.05, 0) is 68.1 Å². The van der Waals surface area contributed by atoms with Crippen molar-refractivity contribution < 1.29 is 13.2 Å². The number of likely N-dealkylation sites (tertiary alicyclic amines) is 1. The van der Waals surface area contributed by atoms with Crippen LogP contribution in [0.5, 0.6) is 0 Å². The van der Waals surface area contributed by atoms with Crippen LogP contribution < -0.4 is 4.90 Å². The van der Waals surface area contributed by atoms with E-state index in [1.807, 2.05) is 25.1 Å². The number of piperidine rings is 1. The molecule has 0 bridgehead atoms. The second-order valence-corrected chi connectivity index (χ2v) is 10.4. The Bertz CT molecular complexity index is 1120. The summed E-state index contributed by atoms with van der Waals surface area (Å²) >= 11 is 9.67. The number of hydrogen-bond acceptors (Lipinski definition) is 4. The lowest BCUT2D eigenvalue weighted by atomic mass is 10.1. The van der Waals surface area contributed by atoms with Crippen LogP contribution >= 0.6 is 27.5 Å². The lowest BCUT2D eigenvalue weighted by Crippen LogP contribution is -2.39. The van der Waals surface area contributed by atoms with Crippen LogP contribution in [0.2, 0.25) is 5.02 Å². The number of benzene rings is 2. The van der Waals surface area contributed by atoms with Crippen molar-refractivity contribution in [1.82, 2.24) is 4.90 Å². The average Bonchev–Trinajstić information content (AvgIpc) is 2.70. The Kier molecular flexibility index (Phi) is 5.48. The molecule has 1 fully saturated rings. The smallest absolute Gasteiger partial charge is 0.267 e. The standard InChI is InChI=1S/C21H20BrClN2O3S/c1-14-11-16(6-7-17(14)22)25-13-20(21(26)24-9-3-2-4-10-24)29(27,28)19-8-5-15(23)12-18(19)25/h5-8,11-13H,2-4,9-10H2,1H3. The van der Waals surface area contributed by atoms with Gasteiger partial charge in [0.1, 0.15) is 0 Å². The largest absolute Gasteiger partial charge is 0.338 e. The minimum Gasteiger partial charge on any atom is -0.338 e. The third-order valence-corrected chi connectivity index (χ3v) is 8.19. The van der Waals surface area contributed by atoms with Crippen LogP contribution in [0.15, 0.2) is 56.9 Å².